The van der Waals surface area contributed by atoms with Gasteiger partial charge in [0, 0.05) is 0 Å². The van der Waals surface area contributed by atoms with Crippen molar-refractivity contribution in [3.8, 4) is 5.40 Å². The van der Waals surface area contributed by atoms with Crippen molar-refractivity contribution < 1.29 is 4.39 Å². The van der Waals surface area contributed by atoms with Gasteiger partial charge in [-0.2, -0.15) is 5.26 Å². The molecule has 0 fully saturated rings. The van der Waals surface area contributed by atoms with Gasteiger partial charge in [0.25, 0.3) is 0 Å². The summed E-state index contributed by atoms with van der Waals surface area (Å²) in [6.07, 6.45) is 0. The number of halogens is 1. The Labute approximate surface area is 62.5 Å². The number of thiocyanates is 1. The lowest BCUT2D eigenvalue weighted by molar-refractivity contribution is 0.602. The first-order chi connectivity index (χ1) is 4.84. The summed E-state index contributed by atoms with van der Waals surface area (Å²) in [5.41, 5.74) is 0. The molecule has 0 aliphatic heterocycles. The van der Waals surface area contributed by atoms with E-state index < -0.39 is 0 Å². The topological polar surface area (TPSA) is 23.8 Å². The van der Waals surface area contributed by atoms with Gasteiger partial charge in [0.2, 0.25) is 0 Å². The molecule has 1 nitrogen and oxygen atoms in total. The first-order valence-electron chi connectivity index (χ1n) is 2.65. The minimum atomic E-state index is -0.339. The third-order valence-corrected chi connectivity index (χ3v) is 1.63. The molecule has 0 aliphatic carbocycles. The summed E-state index contributed by atoms with van der Waals surface area (Å²) in [4.78, 5) is 0.380. The third-order valence-electron chi connectivity index (χ3n) is 0.992. The van der Waals surface area contributed by atoms with Crippen LogP contribution in [0.2, 0.25) is 0 Å². The molecule has 10 heavy (non-hydrogen) atoms. The van der Waals surface area contributed by atoms with Gasteiger partial charge in [-0.1, -0.05) is 12.1 Å². The average Bonchev–Trinajstić information content (AvgIpc) is 1.94. The summed E-state index contributed by atoms with van der Waals surface area (Å²) in [6.45, 7) is 0. The molecule has 1 aromatic carbocycles. The zero-order valence-corrected chi connectivity index (χ0v) is 5.86. The van der Waals surface area contributed by atoms with Crippen LogP contribution in [-0.2, 0) is 0 Å². The Morgan fingerprint density at radius 2 is 2.10 bits per heavy atom. The van der Waals surface area contributed by atoms with E-state index in [1.807, 2.05) is 0 Å². The third kappa shape index (κ3) is 1.49. The molecule has 1 rings (SSSR count). The van der Waals surface area contributed by atoms with Crippen molar-refractivity contribution in [1.29, 1.82) is 5.26 Å². The lowest BCUT2D eigenvalue weighted by atomic mass is 10.4. The number of hydrogen-bond acceptors (Lipinski definition) is 2. The molecule has 0 aromatic heterocycles. The molecule has 0 unspecified atom stereocenters. The van der Waals surface area contributed by atoms with Crippen LogP contribution >= 0.6 is 11.8 Å². The molecule has 0 saturated carbocycles. The predicted molar refractivity (Wildman–Crippen MR) is 37.9 cm³/mol. The number of thioether (sulfide) groups is 1. The second-order valence-corrected chi connectivity index (χ2v) is 2.45. The van der Waals surface area contributed by atoms with Gasteiger partial charge >= 0.3 is 0 Å². The highest BCUT2D eigenvalue weighted by molar-refractivity contribution is 8.03. The molecule has 0 saturated heterocycles. The number of hydrogen-bond donors (Lipinski definition) is 0. The Bertz CT molecular complexity index is 267. The Kier molecular flexibility index (Phi) is 2.30. The fourth-order valence-electron chi connectivity index (χ4n) is 0.577. The SMILES string of the molecule is N#CSc1ccccc1F. The van der Waals surface area contributed by atoms with Crippen LogP contribution in [0.1, 0.15) is 0 Å². The van der Waals surface area contributed by atoms with Gasteiger partial charge in [0.05, 0.1) is 4.90 Å². The molecule has 0 heterocycles. The number of benzene rings is 1. The normalized spacial score (nSPS) is 8.80. The fourth-order valence-corrected chi connectivity index (χ4v) is 0.987. The van der Waals surface area contributed by atoms with Crippen molar-refractivity contribution >= 4 is 11.8 Å². The number of rotatable bonds is 1. The number of nitriles is 1. The largest absolute Gasteiger partial charge is 0.206 e. The van der Waals surface area contributed by atoms with Crippen LogP contribution in [-0.4, -0.2) is 0 Å². The number of nitrogens with zero attached hydrogens (tertiary/aromatic N) is 1. The summed E-state index contributed by atoms with van der Waals surface area (Å²) < 4.78 is 12.6. The highest BCUT2D eigenvalue weighted by atomic mass is 32.2. The van der Waals surface area contributed by atoms with Crippen LogP contribution in [0.15, 0.2) is 29.2 Å². The van der Waals surface area contributed by atoms with Crippen LogP contribution in [0.25, 0.3) is 0 Å². The Morgan fingerprint density at radius 1 is 1.40 bits per heavy atom. The fraction of sp³-hybridized carbons (Fsp3) is 0. The summed E-state index contributed by atoms with van der Waals surface area (Å²) in [5, 5.41) is 9.99. The van der Waals surface area contributed by atoms with E-state index in [0.717, 1.165) is 11.8 Å². The van der Waals surface area contributed by atoms with Gasteiger partial charge in [0.1, 0.15) is 11.2 Å². The van der Waals surface area contributed by atoms with Crippen molar-refractivity contribution in [3.05, 3.63) is 30.1 Å². The lowest BCUT2D eigenvalue weighted by Gasteiger charge is -1.92. The first-order valence-corrected chi connectivity index (χ1v) is 3.46. The summed E-state index contributed by atoms with van der Waals surface area (Å²) >= 11 is 0.832. The second-order valence-electron chi connectivity index (χ2n) is 1.62. The standard InChI is InChI=1S/C7H4FNS/c8-6-3-1-2-4-7(6)10-5-9/h1-4H. The van der Waals surface area contributed by atoms with Gasteiger partial charge in [0.15, 0.2) is 0 Å². The van der Waals surface area contributed by atoms with Crippen LogP contribution in [0.4, 0.5) is 4.39 Å². The van der Waals surface area contributed by atoms with E-state index in [-0.39, 0.29) is 5.82 Å². The van der Waals surface area contributed by atoms with Gasteiger partial charge < -0.3 is 0 Å². The van der Waals surface area contributed by atoms with Crippen LogP contribution in [0.3, 0.4) is 0 Å². The van der Waals surface area contributed by atoms with Crippen molar-refractivity contribution in [2.75, 3.05) is 0 Å². The van der Waals surface area contributed by atoms with Crippen LogP contribution in [0, 0.1) is 16.5 Å². The van der Waals surface area contributed by atoms with E-state index in [1.165, 1.54) is 6.07 Å². The molecule has 0 amide bonds. The average molecular weight is 153 g/mol. The summed E-state index contributed by atoms with van der Waals surface area (Å²) in [7, 11) is 0. The lowest BCUT2D eigenvalue weighted by Crippen LogP contribution is -1.75. The molecule has 0 radical (unpaired) electrons. The van der Waals surface area contributed by atoms with Crippen LogP contribution in [0.5, 0.6) is 0 Å². The maximum Gasteiger partial charge on any atom is 0.138 e. The monoisotopic (exact) mass is 153 g/mol. The minimum absolute atomic E-state index is 0.339. The van der Waals surface area contributed by atoms with Gasteiger partial charge in [-0.05, 0) is 23.9 Å². The van der Waals surface area contributed by atoms with E-state index >= 15 is 0 Å². The molecule has 1 aromatic rings. The molecule has 0 aliphatic rings. The van der Waals surface area contributed by atoms with Gasteiger partial charge in [-0.25, -0.2) is 4.39 Å². The zero-order chi connectivity index (χ0) is 7.40. The molecule has 0 spiro atoms. The van der Waals surface area contributed by atoms with Crippen molar-refractivity contribution in [2.24, 2.45) is 0 Å². The Balaban J connectivity index is 2.94. The molecule has 0 N–H and O–H groups in total. The van der Waals surface area contributed by atoms with E-state index in [0.29, 0.717) is 4.90 Å². The van der Waals surface area contributed by atoms with E-state index in [2.05, 4.69) is 0 Å². The van der Waals surface area contributed by atoms with Crippen molar-refractivity contribution in [2.45, 2.75) is 4.90 Å². The quantitative estimate of drug-likeness (QED) is 0.457. The van der Waals surface area contributed by atoms with Crippen molar-refractivity contribution in [1.82, 2.24) is 0 Å². The van der Waals surface area contributed by atoms with E-state index in [1.54, 1.807) is 23.6 Å². The summed E-state index contributed by atoms with van der Waals surface area (Å²) in [5.74, 6) is -0.339. The smallest absolute Gasteiger partial charge is 0.138 e. The van der Waals surface area contributed by atoms with Crippen LogP contribution < -0.4 is 0 Å². The molecule has 50 valence electrons. The van der Waals surface area contributed by atoms with Gasteiger partial charge in [-0.3, -0.25) is 0 Å². The molecular formula is C7H4FNS. The van der Waals surface area contributed by atoms with E-state index in [9.17, 15) is 4.39 Å². The maximum atomic E-state index is 12.6. The zero-order valence-electron chi connectivity index (χ0n) is 5.04. The highest BCUT2D eigenvalue weighted by Gasteiger charge is 1.97. The van der Waals surface area contributed by atoms with Gasteiger partial charge in [-0.15, -0.1) is 0 Å². The summed E-state index contributed by atoms with van der Waals surface area (Å²) in [6, 6.07) is 6.20. The molecule has 0 bridgehead atoms. The molecular weight excluding hydrogens is 149 g/mol. The Morgan fingerprint density at radius 3 is 2.70 bits per heavy atom. The first kappa shape index (κ1) is 7.10. The molecule has 3 heteroatoms. The maximum absolute atomic E-state index is 12.6. The highest BCUT2D eigenvalue weighted by Crippen LogP contribution is 2.18. The van der Waals surface area contributed by atoms with E-state index in [4.69, 9.17) is 5.26 Å². The predicted octanol–water partition coefficient (Wildman–Crippen LogP) is 2.40. The minimum Gasteiger partial charge on any atom is -0.206 e. The Hall–Kier alpha value is -1.01. The second kappa shape index (κ2) is 3.23. The van der Waals surface area contributed by atoms with Crippen molar-refractivity contribution in [3.63, 3.8) is 0 Å². The molecule has 0 atom stereocenters.